The van der Waals surface area contributed by atoms with E-state index in [1.807, 2.05) is 36.4 Å². The van der Waals surface area contributed by atoms with Crippen LogP contribution in [0.4, 0.5) is 0 Å². The Balaban J connectivity index is 1.98. The van der Waals surface area contributed by atoms with Crippen molar-refractivity contribution in [1.29, 1.82) is 0 Å². The minimum absolute atomic E-state index is 0.0495. The van der Waals surface area contributed by atoms with Gasteiger partial charge in [-0.15, -0.1) is 0 Å². The summed E-state index contributed by atoms with van der Waals surface area (Å²) in [6.45, 7) is 2.06. The van der Waals surface area contributed by atoms with Crippen LogP contribution >= 0.6 is 23.4 Å². The van der Waals surface area contributed by atoms with E-state index in [2.05, 4.69) is 17.4 Å². The van der Waals surface area contributed by atoms with Gasteiger partial charge in [-0.3, -0.25) is 9.59 Å². The largest absolute Gasteiger partial charge is 0.357 e. The van der Waals surface area contributed by atoms with Crippen molar-refractivity contribution in [2.24, 2.45) is 0 Å². The third-order valence-corrected chi connectivity index (χ3v) is 5.68. The van der Waals surface area contributed by atoms with Gasteiger partial charge < -0.3 is 10.2 Å². The van der Waals surface area contributed by atoms with Crippen LogP contribution in [0, 0.1) is 0 Å². The third-order valence-electron chi connectivity index (χ3n) is 4.28. The number of halogens is 1. The molecule has 0 spiro atoms. The second-order valence-electron chi connectivity index (χ2n) is 6.19. The van der Waals surface area contributed by atoms with Crippen molar-refractivity contribution in [3.05, 3.63) is 70.7 Å². The molecule has 1 N–H and O–H groups in total. The molecule has 2 amide bonds. The van der Waals surface area contributed by atoms with E-state index in [9.17, 15) is 9.59 Å². The topological polar surface area (TPSA) is 49.4 Å². The highest BCUT2D eigenvalue weighted by Gasteiger charge is 2.25. The number of likely N-dealkylation sites (N-methyl/N-ethyl adjacent to an activating group) is 1. The van der Waals surface area contributed by atoms with Crippen molar-refractivity contribution < 1.29 is 9.59 Å². The van der Waals surface area contributed by atoms with E-state index in [-0.39, 0.29) is 11.8 Å². The first kappa shape index (κ1) is 21.3. The minimum atomic E-state index is -0.558. The molecular weight excluding hydrogens is 380 g/mol. The van der Waals surface area contributed by atoms with E-state index < -0.39 is 6.04 Å². The molecule has 0 aliphatic heterocycles. The maximum atomic E-state index is 12.8. The Hall–Kier alpha value is -1.98. The molecule has 0 aromatic heterocycles. The van der Waals surface area contributed by atoms with Crippen molar-refractivity contribution in [2.45, 2.75) is 31.7 Å². The zero-order valence-corrected chi connectivity index (χ0v) is 17.2. The van der Waals surface area contributed by atoms with Gasteiger partial charge in [-0.25, -0.2) is 0 Å². The molecule has 27 heavy (non-hydrogen) atoms. The Bertz CT molecular complexity index is 755. The second-order valence-corrected chi connectivity index (χ2v) is 7.70. The number of rotatable bonds is 9. The Labute approximate surface area is 170 Å². The van der Waals surface area contributed by atoms with E-state index in [0.29, 0.717) is 23.7 Å². The van der Waals surface area contributed by atoms with E-state index >= 15 is 0 Å². The molecule has 0 radical (unpaired) electrons. The van der Waals surface area contributed by atoms with Crippen LogP contribution in [-0.2, 0) is 21.9 Å². The standard InChI is InChI=1S/C21H25ClN2O2S/c1-16(21(26)23-2)24(14-18-10-6-7-11-19(18)22)20(25)12-13-27-15-17-8-4-3-5-9-17/h3-11,16H,12-15H2,1-2H3,(H,23,26)/t16-/m0/s1. The van der Waals surface area contributed by atoms with Gasteiger partial charge in [-0.1, -0.05) is 60.1 Å². The summed E-state index contributed by atoms with van der Waals surface area (Å²) in [6.07, 6.45) is 0.378. The molecule has 0 saturated heterocycles. The first-order valence-electron chi connectivity index (χ1n) is 8.89. The first-order chi connectivity index (χ1) is 13.0. The first-order valence-corrected chi connectivity index (χ1v) is 10.4. The number of hydrogen-bond donors (Lipinski definition) is 1. The fraction of sp³-hybridized carbons (Fsp3) is 0.333. The van der Waals surface area contributed by atoms with Gasteiger partial charge in [0.25, 0.3) is 0 Å². The minimum Gasteiger partial charge on any atom is -0.357 e. The van der Waals surface area contributed by atoms with Crippen molar-refractivity contribution in [1.82, 2.24) is 10.2 Å². The van der Waals surface area contributed by atoms with E-state index in [1.54, 1.807) is 36.7 Å². The summed E-state index contributed by atoms with van der Waals surface area (Å²) >= 11 is 7.96. The molecule has 6 heteroatoms. The summed E-state index contributed by atoms with van der Waals surface area (Å²) in [6, 6.07) is 17.0. The maximum absolute atomic E-state index is 12.8. The summed E-state index contributed by atoms with van der Waals surface area (Å²) in [7, 11) is 1.58. The monoisotopic (exact) mass is 404 g/mol. The highest BCUT2D eigenvalue weighted by Crippen LogP contribution is 2.20. The SMILES string of the molecule is CNC(=O)[C@H](C)N(Cc1ccccc1Cl)C(=O)CCSCc1ccccc1. The molecule has 144 valence electrons. The average Bonchev–Trinajstić information content (AvgIpc) is 2.70. The fourth-order valence-corrected chi connectivity index (χ4v) is 3.76. The molecule has 0 heterocycles. The molecule has 4 nitrogen and oxygen atoms in total. The van der Waals surface area contributed by atoms with Crippen LogP contribution in [-0.4, -0.2) is 35.6 Å². The molecule has 0 aliphatic rings. The molecule has 0 aliphatic carbocycles. The lowest BCUT2D eigenvalue weighted by molar-refractivity contribution is -0.140. The number of amides is 2. The van der Waals surface area contributed by atoms with Crippen molar-refractivity contribution in [2.75, 3.05) is 12.8 Å². The van der Waals surface area contributed by atoms with Gasteiger partial charge in [0.1, 0.15) is 6.04 Å². The van der Waals surface area contributed by atoms with Crippen LogP contribution in [0.5, 0.6) is 0 Å². The fourth-order valence-electron chi connectivity index (χ4n) is 2.67. The van der Waals surface area contributed by atoms with Gasteiger partial charge in [0.15, 0.2) is 0 Å². The van der Waals surface area contributed by atoms with Crippen LogP contribution in [0.1, 0.15) is 24.5 Å². The normalized spacial score (nSPS) is 11.7. The number of thioether (sulfide) groups is 1. The molecule has 2 rings (SSSR count). The van der Waals surface area contributed by atoms with Gasteiger partial charge >= 0.3 is 0 Å². The third kappa shape index (κ3) is 6.60. The molecule has 0 saturated carbocycles. The molecule has 1 atom stereocenters. The van der Waals surface area contributed by atoms with Crippen LogP contribution in [0.2, 0.25) is 5.02 Å². The number of benzene rings is 2. The summed E-state index contributed by atoms with van der Waals surface area (Å²) < 4.78 is 0. The van der Waals surface area contributed by atoms with Gasteiger partial charge in [0.05, 0.1) is 0 Å². The van der Waals surface area contributed by atoms with Crippen LogP contribution in [0.15, 0.2) is 54.6 Å². The van der Waals surface area contributed by atoms with Crippen LogP contribution in [0.25, 0.3) is 0 Å². The number of hydrogen-bond acceptors (Lipinski definition) is 3. The van der Waals surface area contributed by atoms with E-state index in [4.69, 9.17) is 11.6 Å². The summed E-state index contributed by atoms with van der Waals surface area (Å²) in [5.74, 6) is 1.33. The van der Waals surface area contributed by atoms with Crippen LogP contribution < -0.4 is 5.32 Å². The number of carbonyl (C=O) groups is 2. The summed E-state index contributed by atoms with van der Waals surface area (Å²) in [5, 5.41) is 3.21. The quantitative estimate of drug-likeness (QED) is 0.639. The molecule has 2 aromatic rings. The Morgan fingerprint density at radius 3 is 2.44 bits per heavy atom. The Morgan fingerprint density at radius 2 is 1.78 bits per heavy atom. The van der Waals surface area contributed by atoms with Gasteiger partial charge in [0, 0.05) is 36.5 Å². The maximum Gasteiger partial charge on any atom is 0.242 e. The van der Waals surface area contributed by atoms with Crippen molar-refractivity contribution in [3.8, 4) is 0 Å². The lowest BCUT2D eigenvalue weighted by Crippen LogP contribution is -2.46. The zero-order chi connectivity index (χ0) is 19.6. The van der Waals surface area contributed by atoms with Crippen molar-refractivity contribution in [3.63, 3.8) is 0 Å². The second kappa shape index (κ2) is 11.0. The van der Waals surface area contributed by atoms with Crippen molar-refractivity contribution >= 4 is 35.2 Å². The van der Waals surface area contributed by atoms with Gasteiger partial charge in [-0.2, -0.15) is 11.8 Å². The average molecular weight is 405 g/mol. The Morgan fingerprint density at radius 1 is 1.11 bits per heavy atom. The van der Waals surface area contributed by atoms with Gasteiger partial charge in [0.2, 0.25) is 11.8 Å². The summed E-state index contributed by atoms with van der Waals surface area (Å²) in [4.78, 5) is 26.5. The predicted octanol–water partition coefficient (Wildman–Crippen LogP) is 4.13. The van der Waals surface area contributed by atoms with E-state index in [0.717, 1.165) is 11.3 Å². The Kier molecular flexibility index (Phi) is 8.69. The molecule has 2 aromatic carbocycles. The smallest absolute Gasteiger partial charge is 0.242 e. The molecule has 0 unspecified atom stereocenters. The summed E-state index contributed by atoms with van der Waals surface area (Å²) in [5.41, 5.74) is 2.07. The highest BCUT2D eigenvalue weighted by molar-refractivity contribution is 7.98. The zero-order valence-electron chi connectivity index (χ0n) is 15.7. The number of nitrogens with one attached hydrogen (secondary N) is 1. The van der Waals surface area contributed by atoms with Gasteiger partial charge in [-0.05, 0) is 24.1 Å². The molecule has 0 fully saturated rings. The lowest BCUT2D eigenvalue weighted by atomic mass is 10.1. The predicted molar refractivity (Wildman–Crippen MR) is 113 cm³/mol. The molecular formula is C21H25ClN2O2S. The van der Waals surface area contributed by atoms with E-state index in [1.165, 1.54) is 5.56 Å². The lowest BCUT2D eigenvalue weighted by Gasteiger charge is -2.28. The number of nitrogens with zero attached hydrogens (tertiary/aromatic N) is 1. The number of carbonyl (C=O) groups excluding carboxylic acids is 2. The van der Waals surface area contributed by atoms with Crippen LogP contribution in [0.3, 0.4) is 0 Å². The highest BCUT2D eigenvalue weighted by atomic mass is 35.5. The molecule has 0 bridgehead atoms.